The van der Waals surface area contributed by atoms with Gasteiger partial charge in [0.05, 0.1) is 10.6 Å². The van der Waals surface area contributed by atoms with E-state index in [1.807, 2.05) is 35.4 Å². The summed E-state index contributed by atoms with van der Waals surface area (Å²) in [6.45, 7) is 4.03. The van der Waals surface area contributed by atoms with Gasteiger partial charge in [0.1, 0.15) is 0 Å². The number of benzene rings is 1. The number of thiazole rings is 1. The molecule has 1 amide bonds. The Morgan fingerprint density at radius 2 is 2.04 bits per heavy atom. The lowest BCUT2D eigenvalue weighted by molar-refractivity contribution is -0.124. The lowest BCUT2D eigenvalue weighted by atomic mass is 9.94. The first kappa shape index (κ1) is 18.4. The van der Waals surface area contributed by atoms with Crippen molar-refractivity contribution in [2.75, 3.05) is 0 Å². The van der Waals surface area contributed by atoms with Crippen LogP contribution in [-0.2, 0) is 4.79 Å². The zero-order valence-electron chi connectivity index (χ0n) is 15.6. The van der Waals surface area contributed by atoms with Crippen LogP contribution in [-0.4, -0.2) is 27.0 Å². The average Bonchev–Trinajstić information content (AvgIpc) is 3.19. The number of carbonyl (C=O) groups excluding carboxylic acids is 1. The molecule has 0 radical (unpaired) electrons. The van der Waals surface area contributed by atoms with Gasteiger partial charge in [0.15, 0.2) is 5.17 Å². The molecule has 2 aromatic rings. The molecule has 1 aliphatic heterocycles. The fraction of sp³-hybridized carbons (Fsp3) is 0.381. The summed E-state index contributed by atoms with van der Waals surface area (Å²) in [6.07, 6.45) is 7.72. The highest BCUT2D eigenvalue weighted by molar-refractivity contribution is 8.18. The van der Waals surface area contributed by atoms with Crippen LogP contribution in [0.5, 0.6) is 0 Å². The molecule has 6 heteroatoms. The van der Waals surface area contributed by atoms with Gasteiger partial charge in [-0.2, -0.15) is 4.99 Å². The third kappa shape index (κ3) is 4.17. The van der Waals surface area contributed by atoms with Crippen LogP contribution in [0.2, 0.25) is 0 Å². The minimum Gasteiger partial charge on any atom is -0.283 e. The van der Waals surface area contributed by atoms with E-state index in [1.165, 1.54) is 47.9 Å². The minimum absolute atomic E-state index is 0.0837. The van der Waals surface area contributed by atoms with Crippen LogP contribution in [0.15, 0.2) is 39.5 Å². The molecule has 1 aromatic heterocycles. The van der Waals surface area contributed by atoms with Gasteiger partial charge in [-0.3, -0.25) is 9.69 Å². The maximum absolute atomic E-state index is 13.2. The van der Waals surface area contributed by atoms with Gasteiger partial charge in [-0.15, -0.1) is 11.3 Å². The summed E-state index contributed by atoms with van der Waals surface area (Å²) in [4.78, 5) is 25.1. The molecular weight excluding hydrogens is 374 g/mol. The van der Waals surface area contributed by atoms with Crippen LogP contribution < -0.4 is 0 Å². The second-order valence-electron chi connectivity index (χ2n) is 7.16. The zero-order chi connectivity index (χ0) is 18.8. The summed E-state index contributed by atoms with van der Waals surface area (Å²) < 4.78 is 0. The van der Waals surface area contributed by atoms with E-state index in [9.17, 15) is 4.79 Å². The van der Waals surface area contributed by atoms with Gasteiger partial charge in [-0.1, -0.05) is 49.1 Å². The van der Waals surface area contributed by atoms with Crippen molar-refractivity contribution in [2.45, 2.75) is 52.0 Å². The lowest BCUT2D eigenvalue weighted by Crippen LogP contribution is -2.40. The van der Waals surface area contributed by atoms with E-state index in [4.69, 9.17) is 4.99 Å². The van der Waals surface area contributed by atoms with Crippen molar-refractivity contribution in [1.82, 2.24) is 9.88 Å². The van der Waals surface area contributed by atoms with E-state index in [0.29, 0.717) is 0 Å². The first-order valence-corrected chi connectivity index (χ1v) is 11.1. The number of rotatable bonds is 3. The molecule has 4 rings (SSSR count). The number of hydrogen-bond donors (Lipinski definition) is 0. The van der Waals surface area contributed by atoms with E-state index in [2.05, 4.69) is 24.0 Å². The smallest absolute Gasteiger partial charge is 0.267 e. The number of aryl methyl sites for hydroxylation is 2. The number of aromatic nitrogens is 1. The van der Waals surface area contributed by atoms with E-state index in [1.54, 1.807) is 0 Å². The van der Waals surface area contributed by atoms with Crippen LogP contribution in [0.4, 0.5) is 5.13 Å². The largest absolute Gasteiger partial charge is 0.283 e. The molecule has 0 spiro atoms. The van der Waals surface area contributed by atoms with Gasteiger partial charge in [-0.25, -0.2) is 4.98 Å². The molecule has 1 saturated heterocycles. The first-order valence-electron chi connectivity index (χ1n) is 9.41. The molecule has 2 aliphatic rings. The van der Waals surface area contributed by atoms with Gasteiger partial charge in [0, 0.05) is 11.4 Å². The van der Waals surface area contributed by atoms with Gasteiger partial charge in [-0.05, 0) is 50.1 Å². The molecule has 0 atom stereocenters. The van der Waals surface area contributed by atoms with Crippen LogP contribution in [0.25, 0.3) is 6.08 Å². The van der Waals surface area contributed by atoms with Gasteiger partial charge < -0.3 is 0 Å². The van der Waals surface area contributed by atoms with Gasteiger partial charge in [0.2, 0.25) is 5.13 Å². The van der Waals surface area contributed by atoms with E-state index in [0.717, 1.165) is 39.3 Å². The van der Waals surface area contributed by atoms with E-state index < -0.39 is 0 Å². The lowest BCUT2D eigenvalue weighted by Gasteiger charge is -2.30. The standard InChI is InChI=1S/C21H23N3OS2/c1-14-7-6-8-16(11-14)12-18-19(25)24(17-9-4-3-5-10-17)21(27-18)23-20-22-15(2)13-26-20/h6-8,11-13,17H,3-5,9-10H2,1-2H3/b18-12-,23-21+. The third-order valence-corrected chi connectivity index (χ3v) is 6.75. The number of aliphatic imine (C=N–C) groups is 1. The second-order valence-corrected chi connectivity index (χ2v) is 9.00. The molecule has 27 heavy (non-hydrogen) atoms. The molecular formula is C21H23N3OS2. The minimum atomic E-state index is 0.0837. The van der Waals surface area contributed by atoms with Crippen molar-refractivity contribution in [3.8, 4) is 0 Å². The molecule has 2 fully saturated rings. The zero-order valence-corrected chi connectivity index (χ0v) is 17.3. The first-order chi connectivity index (χ1) is 13.1. The summed E-state index contributed by atoms with van der Waals surface area (Å²) in [5.74, 6) is 0.0837. The molecule has 1 aliphatic carbocycles. The number of amidine groups is 1. The number of hydrogen-bond acceptors (Lipinski definition) is 5. The number of thioether (sulfide) groups is 1. The summed E-state index contributed by atoms with van der Waals surface area (Å²) in [6, 6.07) is 8.49. The predicted octanol–water partition coefficient (Wildman–Crippen LogP) is 5.70. The van der Waals surface area contributed by atoms with Crippen molar-refractivity contribution in [2.24, 2.45) is 4.99 Å². The molecule has 1 saturated carbocycles. The molecule has 1 aromatic carbocycles. The van der Waals surface area contributed by atoms with E-state index >= 15 is 0 Å². The predicted molar refractivity (Wildman–Crippen MR) is 114 cm³/mol. The Kier molecular flexibility index (Phi) is 5.45. The Labute approximate surface area is 168 Å². The van der Waals surface area contributed by atoms with Crippen LogP contribution in [0.3, 0.4) is 0 Å². The highest BCUT2D eigenvalue weighted by atomic mass is 32.2. The van der Waals surface area contributed by atoms with Crippen LogP contribution >= 0.6 is 23.1 Å². The molecule has 0 N–H and O–H groups in total. The number of amides is 1. The van der Waals surface area contributed by atoms with Crippen LogP contribution in [0, 0.1) is 13.8 Å². The summed E-state index contributed by atoms with van der Waals surface area (Å²) >= 11 is 3.00. The van der Waals surface area contributed by atoms with Crippen molar-refractivity contribution in [3.63, 3.8) is 0 Å². The second kappa shape index (κ2) is 7.98. The molecule has 140 valence electrons. The van der Waals surface area contributed by atoms with Crippen molar-refractivity contribution >= 4 is 45.4 Å². The molecule has 2 heterocycles. The SMILES string of the molecule is Cc1cccc(/C=C2\S/C(=N/c3nc(C)cs3)N(C3CCCCC3)C2=O)c1. The maximum Gasteiger partial charge on any atom is 0.267 e. The van der Waals surface area contributed by atoms with E-state index in [-0.39, 0.29) is 11.9 Å². The Morgan fingerprint density at radius 1 is 1.22 bits per heavy atom. The number of carbonyl (C=O) groups is 1. The highest BCUT2D eigenvalue weighted by Crippen LogP contribution is 2.38. The Hall–Kier alpha value is -1.92. The van der Waals surface area contributed by atoms with Gasteiger partial charge >= 0.3 is 0 Å². The summed E-state index contributed by atoms with van der Waals surface area (Å²) in [5, 5.41) is 3.50. The highest BCUT2D eigenvalue weighted by Gasteiger charge is 2.38. The normalized spacial score (nSPS) is 21.6. The monoisotopic (exact) mass is 397 g/mol. The fourth-order valence-electron chi connectivity index (χ4n) is 3.61. The fourth-order valence-corrected chi connectivity index (χ4v) is 5.37. The third-order valence-electron chi connectivity index (χ3n) is 4.91. The van der Waals surface area contributed by atoms with Crippen molar-refractivity contribution in [1.29, 1.82) is 0 Å². The van der Waals surface area contributed by atoms with Crippen LogP contribution in [0.1, 0.15) is 48.9 Å². The topological polar surface area (TPSA) is 45.6 Å². The Bertz CT molecular complexity index is 910. The molecule has 0 unspecified atom stereocenters. The number of nitrogens with zero attached hydrogens (tertiary/aromatic N) is 3. The summed E-state index contributed by atoms with van der Waals surface area (Å²) in [5.41, 5.74) is 3.21. The van der Waals surface area contributed by atoms with Crippen molar-refractivity contribution in [3.05, 3.63) is 51.4 Å². The Morgan fingerprint density at radius 3 is 2.74 bits per heavy atom. The summed E-state index contributed by atoms with van der Waals surface area (Å²) in [7, 11) is 0. The quantitative estimate of drug-likeness (QED) is 0.624. The maximum atomic E-state index is 13.2. The molecule has 0 bridgehead atoms. The molecule has 4 nitrogen and oxygen atoms in total. The van der Waals surface area contributed by atoms with Gasteiger partial charge in [0.25, 0.3) is 5.91 Å². The Balaban J connectivity index is 1.69. The van der Waals surface area contributed by atoms with Crippen molar-refractivity contribution < 1.29 is 4.79 Å². The average molecular weight is 398 g/mol.